The maximum absolute atomic E-state index is 15.4. The van der Waals surface area contributed by atoms with Crippen molar-refractivity contribution in [1.82, 2.24) is 9.55 Å². The van der Waals surface area contributed by atoms with Gasteiger partial charge in [0.1, 0.15) is 11.5 Å². The van der Waals surface area contributed by atoms with E-state index in [1.54, 1.807) is 31.4 Å². The van der Waals surface area contributed by atoms with E-state index in [1.807, 2.05) is 51.1 Å². The molecule has 1 N–H and O–H groups in total. The molecule has 4 aromatic rings. The summed E-state index contributed by atoms with van der Waals surface area (Å²) in [6.07, 6.45) is 3.82. The van der Waals surface area contributed by atoms with Gasteiger partial charge in [0.15, 0.2) is 5.78 Å². The maximum atomic E-state index is 15.4. The van der Waals surface area contributed by atoms with Crippen molar-refractivity contribution in [2.75, 3.05) is 11.4 Å². The lowest BCUT2D eigenvalue weighted by Gasteiger charge is -2.32. The Hall–Kier alpha value is -4.69. The van der Waals surface area contributed by atoms with Gasteiger partial charge < -0.3 is 14.6 Å². The molecule has 3 aromatic carbocycles. The average molecular weight is 594 g/mol. The lowest BCUT2D eigenvalue weighted by molar-refractivity contribution is -0.114. The molecular formula is C36H36FN3O4. The third kappa shape index (κ3) is 6.03. The lowest BCUT2D eigenvalue weighted by atomic mass is 9.83. The molecule has 0 radical (unpaired) electrons. The van der Waals surface area contributed by atoms with Gasteiger partial charge in [0.25, 0.3) is 11.5 Å². The number of halogens is 1. The minimum absolute atomic E-state index is 0.0538. The first-order chi connectivity index (χ1) is 20.9. The van der Waals surface area contributed by atoms with E-state index >= 15 is 4.39 Å². The van der Waals surface area contributed by atoms with Gasteiger partial charge in [-0.1, -0.05) is 69.8 Å². The number of hydrogen-bond donors (Lipinski definition) is 1. The molecular weight excluding hydrogens is 557 g/mol. The number of aliphatic hydroxyl groups is 1. The molecule has 0 bridgehead atoms. The molecule has 1 aliphatic rings. The summed E-state index contributed by atoms with van der Waals surface area (Å²) in [5, 5.41) is 10.6. The summed E-state index contributed by atoms with van der Waals surface area (Å²) in [6.45, 7) is 9.47. The highest BCUT2D eigenvalue weighted by Gasteiger charge is 2.32. The van der Waals surface area contributed by atoms with Crippen LogP contribution in [0.4, 0.5) is 10.1 Å². The molecule has 1 aromatic heterocycles. The molecule has 0 aliphatic carbocycles. The molecule has 2 heterocycles. The van der Waals surface area contributed by atoms with Crippen LogP contribution in [-0.4, -0.2) is 32.9 Å². The highest BCUT2D eigenvalue weighted by atomic mass is 19.1. The molecule has 0 saturated heterocycles. The number of ketones is 1. The lowest BCUT2D eigenvalue weighted by Crippen LogP contribution is -2.39. The third-order valence-electron chi connectivity index (χ3n) is 8.09. The molecule has 0 unspecified atom stereocenters. The third-order valence-corrected chi connectivity index (χ3v) is 8.09. The number of fused-ring (bicyclic) bond motifs is 1. The summed E-state index contributed by atoms with van der Waals surface area (Å²) in [5.74, 6) is -1.10. The summed E-state index contributed by atoms with van der Waals surface area (Å²) < 4.78 is 16.8. The Labute approximate surface area is 256 Å². The van der Waals surface area contributed by atoms with Crippen molar-refractivity contribution in [3.05, 3.63) is 129 Å². The van der Waals surface area contributed by atoms with Gasteiger partial charge >= 0.3 is 0 Å². The molecule has 0 saturated carbocycles. The first kappa shape index (κ1) is 30.8. The van der Waals surface area contributed by atoms with Crippen molar-refractivity contribution in [1.29, 1.82) is 0 Å². The minimum atomic E-state index is -0.550. The van der Waals surface area contributed by atoms with E-state index in [4.69, 9.17) is 4.98 Å². The summed E-state index contributed by atoms with van der Waals surface area (Å²) in [5.41, 5.74) is 4.92. The Morgan fingerprint density at radius 2 is 1.82 bits per heavy atom. The Morgan fingerprint density at radius 3 is 2.52 bits per heavy atom. The number of aliphatic hydroxyl groups excluding tert-OH is 1. The van der Waals surface area contributed by atoms with Gasteiger partial charge in [-0.25, -0.2) is 9.37 Å². The van der Waals surface area contributed by atoms with E-state index < -0.39 is 18.3 Å². The average Bonchev–Trinajstić information content (AvgIpc) is 2.98. The number of nitrogens with zero attached hydrogens (tertiary/aromatic N) is 3. The molecule has 1 amide bonds. The summed E-state index contributed by atoms with van der Waals surface area (Å²) in [6, 6.07) is 16.1. The molecule has 8 heteroatoms. The number of benzene rings is 3. The molecule has 0 atom stereocenters. The molecule has 1 aliphatic heterocycles. The largest absolute Gasteiger partial charge is 0.392 e. The van der Waals surface area contributed by atoms with E-state index in [-0.39, 0.29) is 35.2 Å². The van der Waals surface area contributed by atoms with Crippen LogP contribution in [0.3, 0.4) is 0 Å². The smallest absolute Gasteiger partial charge is 0.272 e. The fraction of sp³-hybridized carbons (Fsp3) is 0.278. The van der Waals surface area contributed by atoms with Gasteiger partial charge in [-0.15, -0.1) is 0 Å². The standard InChI is InChI=1S/C36H36FN3O4/c1-6-26(42)16-22-9-7-10-23(15-22)17-30-34(43)39(5)20-31(38-30)27-11-8-12-32(28(27)21-41)40-14-13-24-18-25(36(2,3)4)19-29(37)33(24)35(40)44/h6-12,15,18-20,41H,1,13-14,16-17,21H2,2-5H3. The normalized spacial score (nSPS) is 13.1. The zero-order valence-electron chi connectivity index (χ0n) is 25.5. The van der Waals surface area contributed by atoms with Crippen LogP contribution in [0.25, 0.3) is 11.3 Å². The van der Waals surface area contributed by atoms with Crippen molar-refractivity contribution in [3.63, 3.8) is 0 Å². The number of aryl methyl sites for hydroxylation is 1. The number of allylic oxidation sites excluding steroid dienone is 1. The Bertz CT molecular complexity index is 1850. The number of rotatable bonds is 8. The van der Waals surface area contributed by atoms with Crippen LogP contribution < -0.4 is 10.5 Å². The summed E-state index contributed by atoms with van der Waals surface area (Å²) >= 11 is 0. The molecule has 5 rings (SSSR count). The van der Waals surface area contributed by atoms with Crippen LogP contribution in [0.2, 0.25) is 0 Å². The first-order valence-corrected chi connectivity index (χ1v) is 14.6. The Balaban J connectivity index is 1.52. The van der Waals surface area contributed by atoms with E-state index in [0.717, 1.165) is 16.7 Å². The topological polar surface area (TPSA) is 92.5 Å². The van der Waals surface area contributed by atoms with Crippen LogP contribution in [0, 0.1) is 5.82 Å². The Morgan fingerprint density at radius 1 is 1.09 bits per heavy atom. The van der Waals surface area contributed by atoms with Gasteiger partial charge in [0.05, 0.1) is 23.6 Å². The van der Waals surface area contributed by atoms with Gasteiger partial charge in [-0.2, -0.15) is 0 Å². The SMILES string of the molecule is C=CC(=O)Cc1cccc(Cc2nc(-c3cccc(N4CCc5cc(C(C)(C)C)cc(F)c5C4=O)c3CO)cn(C)c2=O)c1. The molecule has 7 nitrogen and oxygen atoms in total. The second-order valence-electron chi connectivity index (χ2n) is 12.2. The highest BCUT2D eigenvalue weighted by molar-refractivity contribution is 6.09. The molecule has 0 fully saturated rings. The number of carbonyl (C=O) groups excluding carboxylic acids is 2. The fourth-order valence-electron chi connectivity index (χ4n) is 5.69. The molecule has 0 spiro atoms. The number of anilines is 1. The minimum Gasteiger partial charge on any atom is -0.392 e. The number of carbonyl (C=O) groups is 2. The van der Waals surface area contributed by atoms with Crippen LogP contribution in [0.1, 0.15) is 64.6 Å². The second-order valence-corrected chi connectivity index (χ2v) is 12.2. The van der Waals surface area contributed by atoms with Crippen molar-refractivity contribution >= 4 is 17.4 Å². The van der Waals surface area contributed by atoms with Crippen LogP contribution in [-0.2, 0) is 43.1 Å². The van der Waals surface area contributed by atoms with Gasteiger partial charge in [0.2, 0.25) is 0 Å². The number of hydrogen-bond acceptors (Lipinski definition) is 5. The van der Waals surface area contributed by atoms with Crippen LogP contribution >= 0.6 is 0 Å². The van der Waals surface area contributed by atoms with E-state index in [9.17, 15) is 19.5 Å². The van der Waals surface area contributed by atoms with Crippen molar-refractivity contribution in [2.24, 2.45) is 7.05 Å². The number of amides is 1. The van der Waals surface area contributed by atoms with E-state index in [2.05, 4.69) is 6.58 Å². The maximum Gasteiger partial charge on any atom is 0.272 e. The van der Waals surface area contributed by atoms with Crippen molar-refractivity contribution < 1.29 is 19.1 Å². The van der Waals surface area contributed by atoms with Gasteiger partial charge in [0, 0.05) is 43.8 Å². The van der Waals surface area contributed by atoms with Gasteiger partial charge in [-0.05, 0) is 52.3 Å². The molecule has 226 valence electrons. The monoisotopic (exact) mass is 593 g/mol. The zero-order chi connectivity index (χ0) is 31.8. The molecule has 44 heavy (non-hydrogen) atoms. The summed E-state index contributed by atoms with van der Waals surface area (Å²) in [7, 11) is 1.64. The van der Waals surface area contributed by atoms with E-state index in [0.29, 0.717) is 46.7 Å². The van der Waals surface area contributed by atoms with Crippen molar-refractivity contribution in [2.45, 2.75) is 52.1 Å². The summed E-state index contributed by atoms with van der Waals surface area (Å²) in [4.78, 5) is 44.9. The predicted molar refractivity (Wildman–Crippen MR) is 169 cm³/mol. The van der Waals surface area contributed by atoms with E-state index in [1.165, 1.54) is 21.6 Å². The predicted octanol–water partition coefficient (Wildman–Crippen LogP) is 5.47. The fourth-order valence-corrected chi connectivity index (χ4v) is 5.69. The second kappa shape index (κ2) is 12.1. The quantitative estimate of drug-likeness (QED) is 0.274. The zero-order valence-corrected chi connectivity index (χ0v) is 25.5. The van der Waals surface area contributed by atoms with Crippen LogP contribution in [0.5, 0.6) is 0 Å². The number of aromatic nitrogens is 2. The first-order valence-electron chi connectivity index (χ1n) is 14.6. The highest BCUT2D eigenvalue weighted by Crippen LogP contribution is 2.35. The Kier molecular flexibility index (Phi) is 8.48. The van der Waals surface area contributed by atoms with Crippen LogP contribution in [0.15, 0.2) is 78.2 Å². The van der Waals surface area contributed by atoms with Gasteiger partial charge in [-0.3, -0.25) is 14.4 Å². The van der Waals surface area contributed by atoms with Crippen molar-refractivity contribution in [3.8, 4) is 11.3 Å².